The lowest BCUT2D eigenvalue weighted by Gasteiger charge is -2.34. The van der Waals surface area contributed by atoms with Gasteiger partial charge in [0.2, 0.25) is 5.91 Å². The molecule has 0 N–H and O–H groups in total. The fraction of sp³-hybridized carbons (Fsp3) is 0.533. The zero-order valence-corrected chi connectivity index (χ0v) is 12.2. The Labute approximate surface area is 120 Å². The SMILES string of the molecule is Cc1cccc(CC(=O)N2CCN(CCCl)CC2)c1. The Balaban J connectivity index is 1.84. The number of halogens is 1. The Morgan fingerprint density at radius 3 is 2.63 bits per heavy atom. The predicted molar refractivity (Wildman–Crippen MR) is 78.6 cm³/mol. The molecule has 1 heterocycles. The van der Waals surface area contributed by atoms with Crippen LogP contribution < -0.4 is 0 Å². The maximum atomic E-state index is 12.2. The molecule has 0 aromatic heterocycles. The summed E-state index contributed by atoms with van der Waals surface area (Å²) in [6.45, 7) is 6.49. The Hall–Kier alpha value is -1.06. The van der Waals surface area contributed by atoms with Crippen molar-refractivity contribution in [3.05, 3.63) is 35.4 Å². The highest BCUT2D eigenvalue weighted by molar-refractivity contribution is 6.18. The highest BCUT2D eigenvalue weighted by Gasteiger charge is 2.20. The third kappa shape index (κ3) is 4.22. The van der Waals surface area contributed by atoms with Crippen LogP contribution in [-0.2, 0) is 11.2 Å². The fourth-order valence-electron chi connectivity index (χ4n) is 2.45. The topological polar surface area (TPSA) is 23.6 Å². The minimum atomic E-state index is 0.233. The fourth-order valence-corrected chi connectivity index (χ4v) is 2.69. The van der Waals surface area contributed by atoms with Gasteiger partial charge in [-0.25, -0.2) is 0 Å². The second kappa shape index (κ2) is 6.92. The molecule has 2 rings (SSSR count). The second-order valence-corrected chi connectivity index (χ2v) is 5.46. The molecule has 1 amide bonds. The molecule has 1 saturated heterocycles. The van der Waals surface area contributed by atoms with Crippen LogP contribution in [0.25, 0.3) is 0 Å². The number of benzene rings is 1. The van der Waals surface area contributed by atoms with Gasteiger partial charge in [-0.2, -0.15) is 0 Å². The number of piperazine rings is 1. The number of hydrogen-bond acceptors (Lipinski definition) is 2. The third-order valence-electron chi connectivity index (χ3n) is 3.56. The van der Waals surface area contributed by atoms with E-state index in [-0.39, 0.29) is 5.91 Å². The first-order chi connectivity index (χ1) is 9.19. The van der Waals surface area contributed by atoms with E-state index in [0.29, 0.717) is 12.3 Å². The van der Waals surface area contributed by atoms with Crippen molar-refractivity contribution >= 4 is 17.5 Å². The van der Waals surface area contributed by atoms with Crippen LogP contribution >= 0.6 is 11.6 Å². The zero-order valence-electron chi connectivity index (χ0n) is 11.4. The molecule has 0 atom stereocenters. The van der Waals surface area contributed by atoms with Gasteiger partial charge in [0, 0.05) is 38.6 Å². The summed E-state index contributed by atoms with van der Waals surface area (Å²) in [5.41, 5.74) is 2.31. The molecule has 104 valence electrons. The second-order valence-electron chi connectivity index (χ2n) is 5.08. The van der Waals surface area contributed by atoms with Gasteiger partial charge in [-0.05, 0) is 12.5 Å². The summed E-state index contributed by atoms with van der Waals surface area (Å²) < 4.78 is 0. The van der Waals surface area contributed by atoms with Crippen molar-refractivity contribution in [3.63, 3.8) is 0 Å². The molecule has 0 aliphatic carbocycles. The van der Waals surface area contributed by atoms with Crippen LogP contribution in [0.4, 0.5) is 0 Å². The van der Waals surface area contributed by atoms with Crippen molar-refractivity contribution in [2.24, 2.45) is 0 Å². The Morgan fingerprint density at radius 1 is 1.26 bits per heavy atom. The summed E-state index contributed by atoms with van der Waals surface area (Å²) in [4.78, 5) is 16.5. The molecule has 1 fully saturated rings. The molecule has 1 aromatic carbocycles. The standard InChI is InChI=1S/C15H21ClN2O/c1-13-3-2-4-14(11-13)12-15(19)18-9-7-17(6-5-16)8-10-18/h2-4,11H,5-10,12H2,1H3. The van der Waals surface area contributed by atoms with Gasteiger partial charge < -0.3 is 4.90 Å². The van der Waals surface area contributed by atoms with Crippen molar-refractivity contribution in [1.29, 1.82) is 0 Å². The lowest BCUT2D eigenvalue weighted by atomic mass is 10.1. The maximum absolute atomic E-state index is 12.2. The predicted octanol–water partition coefficient (Wildman–Crippen LogP) is 1.92. The van der Waals surface area contributed by atoms with Crippen molar-refractivity contribution in [2.45, 2.75) is 13.3 Å². The molecular formula is C15H21ClN2O. The van der Waals surface area contributed by atoms with E-state index in [4.69, 9.17) is 11.6 Å². The van der Waals surface area contributed by atoms with Gasteiger partial charge in [0.1, 0.15) is 0 Å². The summed E-state index contributed by atoms with van der Waals surface area (Å²) >= 11 is 5.73. The van der Waals surface area contributed by atoms with Gasteiger partial charge >= 0.3 is 0 Å². The van der Waals surface area contributed by atoms with E-state index >= 15 is 0 Å². The van der Waals surface area contributed by atoms with Crippen LogP contribution in [0.2, 0.25) is 0 Å². The van der Waals surface area contributed by atoms with Crippen LogP contribution in [-0.4, -0.2) is 54.3 Å². The van der Waals surface area contributed by atoms with Gasteiger partial charge in [-0.15, -0.1) is 11.6 Å². The summed E-state index contributed by atoms with van der Waals surface area (Å²) in [7, 11) is 0. The largest absolute Gasteiger partial charge is 0.340 e. The quantitative estimate of drug-likeness (QED) is 0.787. The summed E-state index contributed by atoms with van der Waals surface area (Å²) in [6.07, 6.45) is 0.511. The maximum Gasteiger partial charge on any atom is 0.227 e. The number of carbonyl (C=O) groups excluding carboxylic acids is 1. The number of hydrogen-bond donors (Lipinski definition) is 0. The molecule has 1 aliphatic rings. The highest BCUT2D eigenvalue weighted by atomic mass is 35.5. The van der Waals surface area contributed by atoms with Crippen LogP contribution in [0.1, 0.15) is 11.1 Å². The smallest absolute Gasteiger partial charge is 0.227 e. The van der Waals surface area contributed by atoms with Gasteiger partial charge in [0.25, 0.3) is 0 Å². The van der Waals surface area contributed by atoms with E-state index in [9.17, 15) is 4.79 Å². The van der Waals surface area contributed by atoms with Gasteiger partial charge in [-0.1, -0.05) is 29.8 Å². The minimum Gasteiger partial charge on any atom is -0.340 e. The van der Waals surface area contributed by atoms with E-state index in [1.807, 2.05) is 17.0 Å². The summed E-state index contributed by atoms with van der Waals surface area (Å²) in [5.74, 6) is 0.896. The van der Waals surface area contributed by atoms with E-state index in [2.05, 4.69) is 24.0 Å². The van der Waals surface area contributed by atoms with Crippen LogP contribution in [0.5, 0.6) is 0 Å². The van der Waals surface area contributed by atoms with Crippen LogP contribution in [0, 0.1) is 6.92 Å². The lowest BCUT2D eigenvalue weighted by molar-refractivity contribution is -0.132. The van der Waals surface area contributed by atoms with Crippen molar-refractivity contribution < 1.29 is 4.79 Å². The number of alkyl halides is 1. The Morgan fingerprint density at radius 2 is 2.00 bits per heavy atom. The molecule has 4 heteroatoms. The van der Waals surface area contributed by atoms with Crippen molar-refractivity contribution in [3.8, 4) is 0 Å². The van der Waals surface area contributed by atoms with E-state index in [1.54, 1.807) is 0 Å². The molecule has 1 aromatic rings. The zero-order chi connectivity index (χ0) is 13.7. The first-order valence-electron chi connectivity index (χ1n) is 6.80. The average molecular weight is 281 g/mol. The monoisotopic (exact) mass is 280 g/mol. The Kier molecular flexibility index (Phi) is 5.23. The van der Waals surface area contributed by atoms with Gasteiger partial charge in [0.05, 0.1) is 6.42 Å². The molecule has 0 bridgehead atoms. The Bertz CT molecular complexity index is 428. The summed E-state index contributed by atoms with van der Waals surface area (Å²) in [5, 5.41) is 0. The number of aryl methyl sites for hydroxylation is 1. The van der Waals surface area contributed by atoms with Gasteiger partial charge in [0.15, 0.2) is 0 Å². The van der Waals surface area contributed by atoms with E-state index in [0.717, 1.165) is 38.3 Å². The van der Waals surface area contributed by atoms with Crippen LogP contribution in [0.15, 0.2) is 24.3 Å². The highest BCUT2D eigenvalue weighted by Crippen LogP contribution is 2.09. The van der Waals surface area contributed by atoms with Crippen molar-refractivity contribution in [1.82, 2.24) is 9.80 Å². The number of amides is 1. The first kappa shape index (κ1) is 14.4. The molecule has 0 saturated carbocycles. The van der Waals surface area contributed by atoms with E-state index in [1.165, 1.54) is 5.56 Å². The minimum absolute atomic E-state index is 0.233. The molecule has 0 radical (unpaired) electrons. The van der Waals surface area contributed by atoms with E-state index < -0.39 is 0 Å². The summed E-state index contributed by atoms with van der Waals surface area (Å²) in [6, 6.07) is 8.17. The lowest BCUT2D eigenvalue weighted by Crippen LogP contribution is -2.49. The average Bonchev–Trinajstić information content (AvgIpc) is 2.40. The first-order valence-corrected chi connectivity index (χ1v) is 7.34. The number of carbonyl (C=O) groups is 1. The van der Waals surface area contributed by atoms with Crippen molar-refractivity contribution in [2.75, 3.05) is 38.6 Å². The molecular weight excluding hydrogens is 260 g/mol. The molecule has 0 unspecified atom stereocenters. The molecule has 19 heavy (non-hydrogen) atoms. The molecule has 1 aliphatic heterocycles. The van der Waals surface area contributed by atoms with Gasteiger partial charge in [-0.3, -0.25) is 9.69 Å². The third-order valence-corrected chi connectivity index (χ3v) is 3.73. The molecule has 3 nitrogen and oxygen atoms in total. The normalized spacial score (nSPS) is 16.6. The van der Waals surface area contributed by atoms with Crippen LogP contribution in [0.3, 0.4) is 0 Å². The number of nitrogens with zero attached hydrogens (tertiary/aromatic N) is 2. The molecule has 0 spiro atoms. The number of rotatable bonds is 4.